The summed E-state index contributed by atoms with van der Waals surface area (Å²) in [6, 6.07) is 0.587. The van der Waals surface area contributed by atoms with Crippen LogP contribution in [0.25, 0.3) is 0 Å². The van der Waals surface area contributed by atoms with Crippen molar-refractivity contribution in [1.82, 2.24) is 9.97 Å². The molecule has 1 aromatic rings. The van der Waals surface area contributed by atoms with E-state index in [4.69, 9.17) is 5.11 Å². The van der Waals surface area contributed by atoms with Crippen LogP contribution in [0.4, 0.5) is 5.82 Å². The van der Waals surface area contributed by atoms with Crippen LogP contribution in [0.1, 0.15) is 42.6 Å². The molecular formula is C13H17N3O2. The second-order valence-electron chi connectivity index (χ2n) is 5.16. The highest BCUT2D eigenvalue weighted by Crippen LogP contribution is 2.38. The number of hydrogen-bond acceptors (Lipinski definition) is 4. The maximum absolute atomic E-state index is 10.8. The Bertz CT molecular complexity index is 446. The molecule has 1 N–H and O–H groups in total. The zero-order valence-corrected chi connectivity index (χ0v) is 10.2. The molecular weight excluding hydrogens is 230 g/mol. The summed E-state index contributed by atoms with van der Waals surface area (Å²) in [5.41, 5.74) is 0.0127. The molecule has 5 nitrogen and oxygen atoms in total. The van der Waals surface area contributed by atoms with Crippen molar-refractivity contribution in [3.8, 4) is 0 Å². The van der Waals surface area contributed by atoms with Gasteiger partial charge in [0.05, 0.1) is 12.4 Å². The summed E-state index contributed by atoms with van der Waals surface area (Å²) in [7, 11) is 0. The van der Waals surface area contributed by atoms with E-state index in [1.54, 1.807) is 6.20 Å². The minimum absolute atomic E-state index is 0.0127. The molecule has 1 saturated heterocycles. The molecule has 1 aliphatic carbocycles. The normalized spacial score (nSPS) is 27.0. The summed E-state index contributed by atoms with van der Waals surface area (Å²) < 4.78 is 0. The zero-order valence-electron chi connectivity index (χ0n) is 10.2. The number of carboxylic acids is 1. The van der Waals surface area contributed by atoms with Gasteiger partial charge in [0.25, 0.3) is 0 Å². The smallest absolute Gasteiger partial charge is 0.356 e. The zero-order chi connectivity index (χ0) is 12.5. The maximum Gasteiger partial charge on any atom is 0.356 e. The van der Waals surface area contributed by atoms with Crippen LogP contribution in [0, 0.1) is 5.92 Å². The Hall–Kier alpha value is -1.65. The first-order valence-electron chi connectivity index (χ1n) is 6.57. The van der Waals surface area contributed by atoms with Crippen LogP contribution in [0.5, 0.6) is 0 Å². The number of aromatic carboxylic acids is 1. The predicted molar refractivity (Wildman–Crippen MR) is 66.7 cm³/mol. The SMILES string of the molecule is O=C(O)c1cnc(N2CCCC3CCCC32)cn1. The van der Waals surface area contributed by atoms with Crippen molar-refractivity contribution in [3.05, 3.63) is 18.1 Å². The molecule has 2 fully saturated rings. The number of fused-ring (bicyclic) bond motifs is 1. The first-order valence-corrected chi connectivity index (χ1v) is 6.57. The van der Waals surface area contributed by atoms with Crippen LogP contribution in [0.3, 0.4) is 0 Å². The highest BCUT2D eigenvalue weighted by molar-refractivity contribution is 5.84. The van der Waals surface area contributed by atoms with E-state index in [1.165, 1.54) is 38.3 Å². The van der Waals surface area contributed by atoms with Gasteiger partial charge in [-0.25, -0.2) is 14.8 Å². The number of rotatable bonds is 2. The van der Waals surface area contributed by atoms with Crippen LogP contribution < -0.4 is 4.90 Å². The van der Waals surface area contributed by atoms with Gasteiger partial charge in [0, 0.05) is 12.6 Å². The molecule has 0 bridgehead atoms. The Morgan fingerprint density at radius 3 is 2.78 bits per heavy atom. The summed E-state index contributed by atoms with van der Waals surface area (Å²) in [6.45, 7) is 1.02. The highest BCUT2D eigenvalue weighted by atomic mass is 16.4. The van der Waals surface area contributed by atoms with E-state index in [1.807, 2.05) is 0 Å². The molecule has 96 valence electrons. The van der Waals surface area contributed by atoms with E-state index in [0.29, 0.717) is 6.04 Å². The van der Waals surface area contributed by atoms with Crippen molar-refractivity contribution in [3.63, 3.8) is 0 Å². The van der Waals surface area contributed by atoms with Gasteiger partial charge in [0.15, 0.2) is 5.69 Å². The Morgan fingerprint density at radius 1 is 1.22 bits per heavy atom. The molecule has 2 aliphatic rings. The van der Waals surface area contributed by atoms with Crippen LogP contribution in [-0.2, 0) is 0 Å². The molecule has 3 rings (SSSR count). The van der Waals surface area contributed by atoms with E-state index in [2.05, 4.69) is 14.9 Å². The molecule has 0 aromatic carbocycles. The van der Waals surface area contributed by atoms with E-state index in [0.717, 1.165) is 18.3 Å². The second kappa shape index (κ2) is 4.55. The van der Waals surface area contributed by atoms with Gasteiger partial charge >= 0.3 is 5.97 Å². The van der Waals surface area contributed by atoms with Gasteiger partial charge in [0.1, 0.15) is 5.82 Å². The molecule has 0 spiro atoms. The van der Waals surface area contributed by atoms with E-state index < -0.39 is 5.97 Å². The van der Waals surface area contributed by atoms with Gasteiger partial charge in [-0.15, -0.1) is 0 Å². The predicted octanol–water partition coefficient (Wildman–Crippen LogP) is 1.94. The van der Waals surface area contributed by atoms with Crippen molar-refractivity contribution in [1.29, 1.82) is 0 Å². The molecule has 18 heavy (non-hydrogen) atoms. The fourth-order valence-electron chi connectivity index (χ4n) is 3.32. The molecule has 5 heteroatoms. The average molecular weight is 247 g/mol. The Labute approximate surface area is 106 Å². The van der Waals surface area contributed by atoms with Crippen molar-refractivity contribution in [2.45, 2.75) is 38.1 Å². The van der Waals surface area contributed by atoms with Gasteiger partial charge < -0.3 is 10.0 Å². The van der Waals surface area contributed by atoms with Crippen LogP contribution >= 0.6 is 0 Å². The fraction of sp³-hybridized carbons (Fsp3) is 0.615. The van der Waals surface area contributed by atoms with Gasteiger partial charge in [-0.1, -0.05) is 6.42 Å². The van der Waals surface area contributed by atoms with Crippen molar-refractivity contribution >= 4 is 11.8 Å². The number of piperidine rings is 1. The minimum Gasteiger partial charge on any atom is -0.476 e. The average Bonchev–Trinajstić information content (AvgIpc) is 2.87. The summed E-state index contributed by atoms with van der Waals surface area (Å²) in [4.78, 5) is 21.3. The molecule has 1 aromatic heterocycles. The van der Waals surface area contributed by atoms with Crippen LogP contribution in [0.2, 0.25) is 0 Å². The lowest BCUT2D eigenvalue weighted by atomic mass is 9.92. The topological polar surface area (TPSA) is 66.3 Å². The lowest BCUT2D eigenvalue weighted by Crippen LogP contribution is -2.43. The number of carbonyl (C=O) groups is 1. The second-order valence-corrected chi connectivity index (χ2v) is 5.16. The Balaban J connectivity index is 1.82. The number of aromatic nitrogens is 2. The molecule has 2 heterocycles. The minimum atomic E-state index is -1.02. The van der Waals surface area contributed by atoms with Crippen molar-refractivity contribution < 1.29 is 9.90 Å². The van der Waals surface area contributed by atoms with Gasteiger partial charge in [-0.3, -0.25) is 0 Å². The fourth-order valence-corrected chi connectivity index (χ4v) is 3.32. The summed E-state index contributed by atoms with van der Waals surface area (Å²) in [5, 5.41) is 8.82. The third-order valence-electron chi connectivity index (χ3n) is 4.14. The monoisotopic (exact) mass is 247 g/mol. The summed E-state index contributed by atoms with van der Waals surface area (Å²) in [5.74, 6) is 0.600. The van der Waals surface area contributed by atoms with Gasteiger partial charge in [-0.2, -0.15) is 0 Å². The number of hydrogen-bond donors (Lipinski definition) is 1. The number of anilines is 1. The lowest BCUT2D eigenvalue weighted by molar-refractivity contribution is 0.0690. The first-order chi connectivity index (χ1) is 8.75. The summed E-state index contributed by atoms with van der Waals surface area (Å²) in [6.07, 6.45) is 9.33. The quantitative estimate of drug-likeness (QED) is 0.865. The Kier molecular flexibility index (Phi) is 2.89. The van der Waals surface area contributed by atoms with Crippen molar-refractivity contribution in [2.24, 2.45) is 5.92 Å². The molecule has 1 aliphatic heterocycles. The largest absolute Gasteiger partial charge is 0.476 e. The van der Waals surface area contributed by atoms with Crippen LogP contribution in [-0.4, -0.2) is 33.6 Å². The van der Waals surface area contributed by atoms with Crippen LogP contribution in [0.15, 0.2) is 12.4 Å². The van der Waals surface area contributed by atoms with Gasteiger partial charge in [-0.05, 0) is 31.6 Å². The Morgan fingerprint density at radius 2 is 2.06 bits per heavy atom. The third-order valence-corrected chi connectivity index (χ3v) is 4.14. The first kappa shape index (κ1) is 11.4. The molecule has 2 unspecified atom stereocenters. The highest BCUT2D eigenvalue weighted by Gasteiger charge is 2.35. The third kappa shape index (κ3) is 1.94. The van der Waals surface area contributed by atoms with Crippen molar-refractivity contribution in [2.75, 3.05) is 11.4 Å². The van der Waals surface area contributed by atoms with E-state index in [9.17, 15) is 4.79 Å². The molecule has 0 amide bonds. The van der Waals surface area contributed by atoms with Gasteiger partial charge in [0.2, 0.25) is 0 Å². The standard InChI is InChI=1S/C13H17N3O2/c17-13(18)10-7-15-12(8-14-10)16-6-2-4-9-3-1-5-11(9)16/h7-9,11H,1-6H2,(H,17,18). The molecule has 0 radical (unpaired) electrons. The molecule has 2 atom stereocenters. The lowest BCUT2D eigenvalue weighted by Gasteiger charge is -2.38. The van der Waals surface area contributed by atoms with E-state index in [-0.39, 0.29) is 5.69 Å². The summed E-state index contributed by atoms with van der Waals surface area (Å²) >= 11 is 0. The number of carboxylic acid groups (broad SMARTS) is 1. The van der Waals surface area contributed by atoms with E-state index >= 15 is 0 Å². The molecule has 1 saturated carbocycles. The maximum atomic E-state index is 10.8. The number of nitrogens with zero attached hydrogens (tertiary/aromatic N) is 3.